The Bertz CT molecular complexity index is 1180. The van der Waals surface area contributed by atoms with Crippen molar-refractivity contribution in [2.45, 2.75) is 19.9 Å². The van der Waals surface area contributed by atoms with Gasteiger partial charge in [0, 0.05) is 32.8 Å². The summed E-state index contributed by atoms with van der Waals surface area (Å²) in [7, 11) is 2.79. The molecule has 2 heterocycles. The fourth-order valence-corrected chi connectivity index (χ4v) is 3.43. The van der Waals surface area contributed by atoms with Gasteiger partial charge in [0.05, 0.1) is 17.7 Å². The van der Waals surface area contributed by atoms with Crippen LogP contribution in [0.15, 0.2) is 27.8 Å². The monoisotopic (exact) mass is 429 g/mol. The summed E-state index contributed by atoms with van der Waals surface area (Å²) in [5, 5.41) is 0. The summed E-state index contributed by atoms with van der Waals surface area (Å²) in [6, 6.07) is 4.11. The fraction of sp³-hybridized carbons (Fsp3) is 0.350. The zero-order valence-corrected chi connectivity index (χ0v) is 17.4. The Morgan fingerprint density at radius 1 is 1.16 bits per heavy atom. The number of carbonyl (C=O) groups is 3. The Morgan fingerprint density at radius 2 is 1.84 bits per heavy atom. The molecule has 0 saturated carbocycles. The summed E-state index contributed by atoms with van der Waals surface area (Å²) in [4.78, 5) is 66.7. The van der Waals surface area contributed by atoms with Crippen LogP contribution in [0.25, 0.3) is 0 Å². The third-order valence-electron chi connectivity index (χ3n) is 5.03. The van der Waals surface area contributed by atoms with Gasteiger partial charge in [0.1, 0.15) is 5.82 Å². The first kappa shape index (κ1) is 22.0. The fourth-order valence-electron chi connectivity index (χ4n) is 3.43. The zero-order valence-electron chi connectivity index (χ0n) is 17.4. The Balaban J connectivity index is 2.12. The van der Waals surface area contributed by atoms with Gasteiger partial charge >= 0.3 is 5.69 Å². The second kappa shape index (κ2) is 8.56. The van der Waals surface area contributed by atoms with E-state index in [1.54, 1.807) is 0 Å². The lowest BCUT2D eigenvalue weighted by atomic mass is 10.0. The van der Waals surface area contributed by atoms with E-state index in [1.807, 2.05) is 6.92 Å². The molecule has 2 aromatic rings. The molecule has 0 radical (unpaired) electrons. The van der Waals surface area contributed by atoms with E-state index in [0.717, 1.165) is 9.80 Å². The number of benzene rings is 1. The summed E-state index contributed by atoms with van der Waals surface area (Å²) >= 11 is 0. The third kappa shape index (κ3) is 3.75. The van der Waals surface area contributed by atoms with Crippen LogP contribution in [0.3, 0.4) is 0 Å². The Kier molecular flexibility index (Phi) is 6.07. The van der Waals surface area contributed by atoms with Gasteiger partial charge in [-0.25, -0.2) is 4.79 Å². The summed E-state index contributed by atoms with van der Waals surface area (Å²) in [5.74, 6) is -1.75. The van der Waals surface area contributed by atoms with E-state index in [4.69, 9.17) is 10.5 Å². The Hall–Kier alpha value is -3.73. The molecule has 1 aromatic heterocycles. The molecule has 11 heteroatoms. The summed E-state index contributed by atoms with van der Waals surface area (Å²) < 4.78 is 6.24. The van der Waals surface area contributed by atoms with Gasteiger partial charge in [0.25, 0.3) is 23.3 Å². The number of amides is 3. The number of nitrogens with one attached hydrogen (secondary N) is 1. The van der Waals surface area contributed by atoms with Crippen LogP contribution >= 0.6 is 0 Å². The predicted octanol–water partition coefficient (Wildman–Crippen LogP) is 0.0478. The number of methoxy groups -OCH3 is 1. The molecule has 1 aliphatic rings. The van der Waals surface area contributed by atoms with Gasteiger partial charge in [-0.05, 0) is 24.6 Å². The average molecular weight is 429 g/mol. The van der Waals surface area contributed by atoms with E-state index in [-0.39, 0.29) is 47.9 Å². The molecule has 0 atom stereocenters. The normalized spacial score (nSPS) is 12.9. The molecule has 0 spiro atoms. The van der Waals surface area contributed by atoms with Crippen LogP contribution in [0.1, 0.15) is 44.4 Å². The number of carbonyl (C=O) groups excluding carboxylic acids is 3. The molecule has 1 aliphatic heterocycles. The van der Waals surface area contributed by atoms with Gasteiger partial charge in [-0.3, -0.25) is 38.5 Å². The zero-order chi connectivity index (χ0) is 22.9. The lowest BCUT2D eigenvalue weighted by molar-refractivity contribution is 0.0693. The molecule has 0 unspecified atom stereocenters. The minimum Gasteiger partial charge on any atom is -0.383 e. The van der Waals surface area contributed by atoms with Crippen molar-refractivity contribution in [3.8, 4) is 0 Å². The van der Waals surface area contributed by atoms with Gasteiger partial charge in [-0.15, -0.1) is 0 Å². The molecule has 0 bridgehead atoms. The number of anilines is 2. The van der Waals surface area contributed by atoms with Crippen LogP contribution in [-0.4, -0.2) is 59.5 Å². The van der Waals surface area contributed by atoms with Gasteiger partial charge in [-0.2, -0.15) is 0 Å². The number of fused-ring (bicyclic) bond motifs is 1. The van der Waals surface area contributed by atoms with E-state index in [1.165, 1.54) is 36.9 Å². The number of hydrogen-bond donors (Lipinski definition) is 2. The van der Waals surface area contributed by atoms with Gasteiger partial charge in [-0.1, -0.05) is 6.92 Å². The van der Waals surface area contributed by atoms with E-state index in [0.29, 0.717) is 6.42 Å². The average Bonchev–Trinajstić information content (AvgIpc) is 2.96. The lowest BCUT2D eigenvalue weighted by Crippen LogP contribution is -2.42. The molecule has 3 amide bonds. The highest BCUT2D eigenvalue weighted by atomic mass is 16.5. The van der Waals surface area contributed by atoms with E-state index in [2.05, 4.69) is 4.98 Å². The number of ether oxygens (including phenoxy) is 1. The molecule has 0 saturated heterocycles. The van der Waals surface area contributed by atoms with Crippen molar-refractivity contribution in [3.63, 3.8) is 0 Å². The number of aromatic amines is 1. The SMILES string of the molecule is CCCn1c(N)c(N(CCOC)C(=O)c2ccc3c(c2)C(=O)N(C)C3=O)c(=O)[nH]c1=O. The van der Waals surface area contributed by atoms with E-state index < -0.39 is 29.0 Å². The van der Waals surface area contributed by atoms with Crippen molar-refractivity contribution in [1.82, 2.24) is 14.5 Å². The number of aromatic nitrogens is 2. The van der Waals surface area contributed by atoms with Gasteiger partial charge in [0.2, 0.25) is 0 Å². The van der Waals surface area contributed by atoms with Crippen LogP contribution in [0.4, 0.5) is 11.5 Å². The number of rotatable bonds is 7. The molecule has 31 heavy (non-hydrogen) atoms. The van der Waals surface area contributed by atoms with Crippen molar-refractivity contribution >= 4 is 29.2 Å². The minimum absolute atomic E-state index is 0.0309. The Morgan fingerprint density at radius 3 is 2.48 bits per heavy atom. The largest absolute Gasteiger partial charge is 0.383 e. The first-order chi connectivity index (χ1) is 14.7. The van der Waals surface area contributed by atoms with E-state index in [9.17, 15) is 24.0 Å². The number of imide groups is 1. The maximum atomic E-state index is 13.3. The van der Waals surface area contributed by atoms with Crippen molar-refractivity contribution in [1.29, 1.82) is 0 Å². The maximum absolute atomic E-state index is 13.3. The highest BCUT2D eigenvalue weighted by Crippen LogP contribution is 2.25. The predicted molar refractivity (Wildman–Crippen MR) is 112 cm³/mol. The van der Waals surface area contributed by atoms with Crippen LogP contribution in [0, 0.1) is 0 Å². The summed E-state index contributed by atoms with van der Waals surface area (Å²) in [6.07, 6.45) is 0.579. The summed E-state index contributed by atoms with van der Waals surface area (Å²) in [5.41, 5.74) is 4.82. The highest BCUT2D eigenvalue weighted by molar-refractivity contribution is 6.22. The number of nitrogen functional groups attached to an aromatic ring is 1. The number of nitrogens with two attached hydrogens (primary N) is 1. The first-order valence-electron chi connectivity index (χ1n) is 9.62. The molecule has 3 rings (SSSR count). The first-order valence-corrected chi connectivity index (χ1v) is 9.62. The second-order valence-corrected chi connectivity index (χ2v) is 7.02. The quantitative estimate of drug-likeness (QED) is 0.591. The molecular formula is C20H23N5O6. The van der Waals surface area contributed by atoms with Crippen molar-refractivity contribution in [3.05, 3.63) is 55.7 Å². The lowest BCUT2D eigenvalue weighted by Gasteiger charge is -2.24. The molecule has 3 N–H and O–H groups in total. The molecular weight excluding hydrogens is 406 g/mol. The maximum Gasteiger partial charge on any atom is 0.330 e. The molecule has 11 nitrogen and oxygen atoms in total. The summed E-state index contributed by atoms with van der Waals surface area (Å²) in [6.45, 7) is 2.15. The highest BCUT2D eigenvalue weighted by Gasteiger charge is 2.34. The molecule has 0 aliphatic carbocycles. The van der Waals surface area contributed by atoms with E-state index >= 15 is 0 Å². The molecule has 1 aromatic carbocycles. The molecule has 164 valence electrons. The second-order valence-electron chi connectivity index (χ2n) is 7.02. The molecule has 0 fully saturated rings. The van der Waals surface area contributed by atoms with Crippen LogP contribution in [0.5, 0.6) is 0 Å². The van der Waals surface area contributed by atoms with Crippen LogP contribution < -0.4 is 21.9 Å². The number of hydrogen-bond acceptors (Lipinski definition) is 7. The van der Waals surface area contributed by atoms with Gasteiger partial charge < -0.3 is 10.5 Å². The van der Waals surface area contributed by atoms with Crippen molar-refractivity contribution < 1.29 is 19.1 Å². The Labute approximate surface area is 177 Å². The van der Waals surface area contributed by atoms with Crippen molar-refractivity contribution in [2.75, 3.05) is 37.9 Å². The minimum atomic E-state index is -0.813. The number of nitrogens with zero attached hydrogens (tertiary/aromatic N) is 3. The number of H-pyrrole nitrogens is 1. The topological polar surface area (TPSA) is 148 Å². The standard InChI is InChI=1S/C20H23N5O6/c1-4-7-25-15(21)14(16(26)22-20(25)30)24(8-9-31-3)17(27)11-5-6-12-13(10-11)19(29)23(2)18(12)28/h5-6,10H,4,7-9,21H2,1-3H3,(H,22,26,30). The van der Waals surface area contributed by atoms with Crippen molar-refractivity contribution in [2.24, 2.45) is 0 Å². The van der Waals surface area contributed by atoms with Gasteiger partial charge in [0.15, 0.2) is 5.69 Å². The van der Waals surface area contributed by atoms with Crippen LogP contribution in [-0.2, 0) is 11.3 Å². The third-order valence-corrected chi connectivity index (χ3v) is 5.03. The smallest absolute Gasteiger partial charge is 0.330 e. The van der Waals surface area contributed by atoms with Crippen LogP contribution in [0.2, 0.25) is 0 Å².